The van der Waals surface area contributed by atoms with Crippen LogP contribution in [0, 0.1) is 0 Å². The second-order valence-electron chi connectivity index (χ2n) is 15.0. The Kier molecular flexibility index (Phi) is 5.31. The average Bonchev–Trinajstić information content (AvgIpc) is 3.75. The van der Waals surface area contributed by atoms with Gasteiger partial charge in [-0.1, -0.05) is 176 Å². The minimum atomic E-state index is -0.639. The highest BCUT2D eigenvalue weighted by Crippen LogP contribution is 2.43. The SMILES string of the molecule is [2H]c1c([2H])c([2H])c2c(c1[2H])c1c([2H])c([2H])c([2H])c([2H])c1c1c([2H])c(-c3nc(-c4ccccc4)nc(-c4cc5c6ccccc6c6ccccc6c5cc4-n4c5ccccc5c5ccccc54)n3)c([2H])c([2H])c21. The molecule has 0 bridgehead atoms. The molecule has 0 atom stereocenters. The first kappa shape index (κ1) is 24.7. The Morgan fingerprint density at radius 1 is 0.328 bits per heavy atom. The molecule has 2 heterocycles. The summed E-state index contributed by atoms with van der Waals surface area (Å²) in [6.45, 7) is 0. The summed E-state index contributed by atoms with van der Waals surface area (Å²) in [6.07, 6.45) is 0. The Bertz CT molecular complexity index is 4500. The number of benzene rings is 11. The minimum absolute atomic E-state index is 0.162. The molecule has 0 aliphatic heterocycles. The summed E-state index contributed by atoms with van der Waals surface area (Å²) in [4.78, 5) is 15.4. The number of nitrogens with zero attached hydrogens (tertiary/aromatic N) is 4. The topological polar surface area (TPSA) is 43.6 Å². The molecule has 0 aliphatic rings. The zero-order valence-electron chi connectivity index (χ0n) is 43.1. The molecule has 61 heavy (non-hydrogen) atoms. The number of hydrogen-bond acceptors (Lipinski definition) is 3. The molecule has 0 amide bonds. The van der Waals surface area contributed by atoms with Gasteiger partial charge in [-0.25, -0.2) is 15.0 Å². The third kappa shape index (κ3) is 5.09. The summed E-state index contributed by atoms with van der Waals surface area (Å²) in [7, 11) is 0. The quantitative estimate of drug-likeness (QED) is 0.167. The Morgan fingerprint density at radius 2 is 0.754 bits per heavy atom. The molecule has 282 valence electrons. The van der Waals surface area contributed by atoms with Gasteiger partial charge in [-0.05, 0) is 94.9 Å². The lowest BCUT2D eigenvalue weighted by molar-refractivity contribution is 1.07. The third-order valence-electron chi connectivity index (χ3n) is 11.8. The van der Waals surface area contributed by atoms with Crippen LogP contribution in [-0.2, 0) is 0 Å². The van der Waals surface area contributed by atoms with E-state index in [1.165, 1.54) is 0 Å². The van der Waals surface area contributed by atoms with Gasteiger partial charge in [0.1, 0.15) is 0 Å². The lowest BCUT2D eigenvalue weighted by atomic mass is 9.92. The highest BCUT2D eigenvalue weighted by Gasteiger charge is 2.22. The minimum Gasteiger partial charge on any atom is -0.308 e. The maximum Gasteiger partial charge on any atom is 0.166 e. The Labute approximate surface area is 366 Å². The molecule has 0 N–H and O–H groups in total. The van der Waals surface area contributed by atoms with Crippen LogP contribution < -0.4 is 0 Å². The van der Waals surface area contributed by atoms with Gasteiger partial charge in [-0.3, -0.25) is 0 Å². The second-order valence-corrected chi connectivity index (χ2v) is 15.0. The largest absolute Gasteiger partial charge is 0.308 e. The van der Waals surface area contributed by atoms with Crippen molar-refractivity contribution in [2.75, 3.05) is 0 Å². The first-order valence-electron chi connectivity index (χ1n) is 25.4. The molecule has 4 nitrogen and oxygen atoms in total. The van der Waals surface area contributed by atoms with Crippen molar-refractivity contribution in [2.45, 2.75) is 0 Å². The molecule has 0 saturated carbocycles. The summed E-state index contributed by atoms with van der Waals surface area (Å²) in [5.74, 6) is 0.210. The first-order chi connectivity index (χ1) is 34.8. The molecule has 13 aromatic rings. The Balaban J connectivity index is 1.22. The number of para-hydroxylation sites is 2. The van der Waals surface area contributed by atoms with Crippen molar-refractivity contribution in [3.05, 3.63) is 206 Å². The van der Waals surface area contributed by atoms with Gasteiger partial charge in [0.25, 0.3) is 0 Å². The third-order valence-corrected chi connectivity index (χ3v) is 11.8. The van der Waals surface area contributed by atoms with Crippen LogP contribution in [0.5, 0.6) is 0 Å². The van der Waals surface area contributed by atoms with Crippen molar-refractivity contribution >= 4 is 86.4 Å². The normalized spacial score (nSPS) is 14.5. The van der Waals surface area contributed by atoms with Gasteiger partial charge in [0, 0.05) is 27.5 Å². The first-order valence-corrected chi connectivity index (χ1v) is 19.9. The summed E-state index contributed by atoms with van der Waals surface area (Å²) in [5, 5.41) is 6.78. The molecule has 0 fully saturated rings. The van der Waals surface area contributed by atoms with Crippen LogP contribution >= 0.6 is 0 Å². The molecular formula is C57H34N4. The van der Waals surface area contributed by atoms with Crippen molar-refractivity contribution in [3.8, 4) is 39.9 Å². The van der Waals surface area contributed by atoms with E-state index in [2.05, 4.69) is 65.2 Å². The molecule has 0 radical (unpaired) electrons. The standard InChI is InChI=1S/C57H34N4/c1-2-16-35(17-3-1)55-58-56(36-30-31-45-41-22-5-4-18-37(41)38-19-6-9-23-42(38)48(45)32-36)60-57(59-55)51-33-49-43-24-10-7-20-39(43)40-21-8-11-25-44(40)50(49)34-54(51)61-52-28-14-12-26-46(52)47-27-13-15-29-53(47)61/h1-34H/i4D,5D,6D,9D,18D,19D,22D,23D,30D,31D,32D. The predicted molar refractivity (Wildman–Crippen MR) is 256 cm³/mol. The number of rotatable bonds is 4. The van der Waals surface area contributed by atoms with Crippen LogP contribution in [0.25, 0.3) is 126 Å². The van der Waals surface area contributed by atoms with E-state index in [-0.39, 0.29) is 55.4 Å². The predicted octanol–water partition coefficient (Wildman–Crippen LogP) is 14.9. The van der Waals surface area contributed by atoms with Crippen LogP contribution in [0.2, 0.25) is 0 Å². The van der Waals surface area contributed by atoms with Gasteiger partial charge in [-0.2, -0.15) is 0 Å². The second kappa shape index (κ2) is 13.2. The smallest absolute Gasteiger partial charge is 0.166 e. The summed E-state index contributed by atoms with van der Waals surface area (Å²) in [6, 6.07) is 39.9. The van der Waals surface area contributed by atoms with Crippen LogP contribution in [0.15, 0.2) is 206 Å². The summed E-state index contributed by atoms with van der Waals surface area (Å²) in [5.41, 5.74) is 3.53. The van der Waals surface area contributed by atoms with Gasteiger partial charge in [-0.15, -0.1) is 0 Å². The Hall–Kier alpha value is -8.21. The lowest BCUT2D eigenvalue weighted by Crippen LogP contribution is -2.04. The molecule has 0 aliphatic carbocycles. The van der Waals surface area contributed by atoms with Crippen LogP contribution in [0.3, 0.4) is 0 Å². The van der Waals surface area contributed by atoms with E-state index in [9.17, 15) is 5.48 Å². The van der Waals surface area contributed by atoms with Crippen molar-refractivity contribution < 1.29 is 15.1 Å². The van der Waals surface area contributed by atoms with Crippen LogP contribution in [0.1, 0.15) is 15.1 Å². The van der Waals surface area contributed by atoms with Crippen molar-refractivity contribution in [1.82, 2.24) is 19.5 Å². The van der Waals surface area contributed by atoms with E-state index < -0.39 is 66.5 Å². The fraction of sp³-hybridized carbons (Fsp3) is 0. The highest BCUT2D eigenvalue weighted by atomic mass is 15.1. The summed E-state index contributed by atoms with van der Waals surface area (Å²) < 4.78 is 103. The van der Waals surface area contributed by atoms with E-state index in [0.717, 1.165) is 59.8 Å². The monoisotopic (exact) mass is 785 g/mol. The summed E-state index contributed by atoms with van der Waals surface area (Å²) >= 11 is 0. The molecule has 0 unspecified atom stereocenters. The number of hydrogen-bond donors (Lipinski definition) is 0. The fourth-order valence-corrected chi connectivity index (χ4v) is 9.08. The molecule has 4 heteroatoms. The molecular weight excluding hydrogens is 741 g/mol. The van der Waals surface area contributed by atoms with Crippen LogP contribution in [-0.4, -0.2) is 19.5 Å². The molecule has 13 rings (SSSR count). The molecule has 2 aromatic heterocycles. The van der Waals surface area contributed by atoms with Crippen molar-refractivity contribution in [3.63, 3.8) is 0 Å². The average molecular weight is 786 g/mol. The van der Waals surface area contributed by atoms with Gasteiger partial charge >= 0.3 is 0 Å². The van der Waals surface area contributed by atoms with E-state index >= 15 is 0 Å². The zero-order chi connectivity index (χ0) is 49.6. The van der Waals surface area contributed by atoms with Gasteiger partial charge < -0.3 is 4.57 Å². The van der Waals surface area contributed by atoms with E-state index in [0.29, 0.717) is 11.1 Å². The van der Waals surface area contributed by atoms with E-state index in [1.54, 1.807) is 0 Å². The zero-order valence-corrected chi connectivity index (χ0v) is 32.1. The number of aromatic nitrogens is 4. The fourth-order valence-electron chi connectivity index (χ4n) is 9.08. The maximum absolute atomic E-state index is 10.1. The highest BCUT2D eigenvalue weighted by molar-refractivity contribution is 6.27. The van der Waals surface area contributed by atoms with Gasteiger partial charge in [0.2, 0.25) is 0 Å². The van der Waals surface area contributed by atoms with Crippen LogP contribution in [0.4, 0.5) is 0 Å². The Morgan fingerprint density at radius 3 is 1.33 bits per heavy atom. The molecule has 0 saturated heterocycles. The van der Waals surface area contributed by atoms with Gasteiger partial charge in [0.05, 0.1) is 31.8 Å². The number of fused-ring (bicyclic) bond motifs is 15. The lowest BCUT2D eigenvalue weighted by Gasteiger charge is -2.18. The van der Waals surface area contributed by atoms with E-state index in [4.69, 9.17) is 24.5 Å². The van der Waals surface area contributed by atoms with Gasteiger partial charge in [0.15, 0.2) is 17.5 Å². The maximum atomic E-state index is 10.1. The molecule has 0 spiro atoms. The van der Waals surface area contributed by atoms with Crippen molar-refractivity contribution in [2.24, 2.45) is 0 Å². The van der Waals surface area contributed by atoms with E-state index in [1.807, 2.05) is 78.9 Å². The molecule has 11 aromatic carbocycles. The van der Waals surface area contributed by atoms with Crippen molar-refractivity contribution in [1.29, 1.82) is 0 Å².